The van der Waals surface area contributed by atoms with E-state index >= 15 is 0 Å². The maximum absolute atomic E-state index is 12.4. The number of carbonyl (C=O) groups is 2. The van der Waals surface area contributed by atoms with Crippen LogP contribution in [0.4, 0.5) is 13.2 Å². The third kappa shape index (κ3) is 5.05. The van der Waals surface area contributed by atoms with Gasteiger partial charge in [0.15, 0.2) is 5.69 Å². The zero-order chi connectivity index (χ0) is 17.7. The number of benzene rings is 1. The number of nitrogens with zero attached hydrogens (tertiary/aromatic N) is 1. The molecule has 0 aliphatic heterocycles. The minimum Gasteiger partial charge on any atom is -0.478 e. The van der Waals surface area contributed by atoms with Crippen molar-refractivity contribution < 1.29 is 27.9 Å². The van der Waals surface area contributed by atoms with E-state index in [1.807, 2.05) is 0 Å². The second-order valence-electron chi connectivity index (χ2n) is 4.90. The summed E-state index contributed by atoms with van der Waals surface area (Å²) in [6, 6.07) is 5.89. The summed E-state index contributed by atoms with van der Waals surface area (Å²) >= 11 is 0.898. The Bertz CT molecular complexity index is 726. The van der Waals surface area contributed by atoms with E-state index in [2.05, 4.69) is 10.3 Å². The van der Waals surface area contributed by atoms with Gasteiger partial charge < -0.3 is 10.4 Å². The molecule has 5 nitrogen and oxygen atoms in total. The highest BCUT2D eigenvalue weighted by Gasteiger charge is 2.33. The summed E-state index contributed by atoms with van der Waals surface area (Å²) < 4.78 is 37.2. The lowest BCUT2D eigenvalue weighted by molar-refractivity contribution is -0.140. The summed E-state index contributed by atoms with van der Waals surface area (Å²) in [4.78, 5) is 26.0. The number of halogens is 3. The van der Waals surface area contributed by atoms with E-state index in [1.165, 1.54) is 12.1 Å². The molecule has 0 spiro atoms. The van der Waals surface area contributed by atoms with E-state index in [-0.39, 0.29) is 30.9 Å². The van der Waals surface area contributed by atoms with Crippen molar-refractivity contribution in [2.24, 2.45) is 0 Å². The van der Waals surface area contributed by atoms with Crippen molar-refractivity contribution in [1.82, 2.24) is 10.3 Å². The molecule has 2 N–H and O–H groups in total. The quantitative estimate of drug-likeness (QED) is 0.832. The number of thiazole rings is 1. The first kappa shape index (κ1) is 17.9. The maximum Gasteiger partial charge on any atom is 0.434 e. The van der Waals surface area contributed by atoms with Gasteiger partial charge in [-0.2, -0.15) is 13.2 Å². The molecule has 1 aromatic heterocycles. The average molecular weight is 358 g/mol. The molecule has 2 rings (SSSR count). The van der Waals surface area contributed by atoms with E-state index in [0.29, 0.717) is 10.6 Å². The monoisotopic (exact) mass is 358 g/mol. The number of rotatable bonds is 6. The number of carboxylic acid groups (broad SMARTS) is 1. The van der Waals surface area contributed by atoms with Gasteiger partial charge in [0, 0.05) is 18.3 Å². The molecule has 1 aromatic carbocycles. The maximum atomic E-state index is 12.4. The third-order valence-electron chi connectivity index (χ3n) is 3.07. The topological polar surface area (TPSA) is 79.3 Å². The summed E-state index contributed by atoms with van der Waals surface area (Å²) in [6.45, 7) is 0.177. The predicted octanol–water partition coefficient (Wildman–Crippen LogP) is 2.76. The molecule has 0 unspecified atom stereocenters. The van der Waals surface area contributed by atoms with Gasteiger partial charge in [-0.05, 0) is 17.7 Å². The van der Waals surface area contributed by atoms with Crippen LogP contribution in [0.5, 0.6) is 0 Å². The minimum atomic E-state index is -4.46. The van der Waals surface area contributed by atoms with E-state index in [0.717, 1.165) is 16.7 Å². The summed E-state index contributed by atoms with van der Waals surface area (Å²) in [5, 5.41) is 12.6. The minimum absolute atomic E-state index is 0.0611. The molecule has 0 bridgehead atoms. The lowest BCUT2D eigenvalue weighted by atomic mass is 10.1. The molecular formula is C15H13F3N2O3S. The molecule has 2 aromatic rings. The van der Waals surface area contributed by atoms with Gasteiger partial charge in [0.25, 0.3) is 0 Å². The molecule has 24 heavy (non-hydrogen) atoms. The zero-order valence-corrected chi connectivity index (χ0v) is 13.1. The summed E-state index contributed by atoms with van der Waals surface area (Å²) in [5.41, 5.74) is -0.151. The van der Waals surface area contributed by atoms with Crippen molar-refractivity contribution >= 4 is 23.2 Å². The predicted molar refractivity (Wildman–Crippen MR) is 80.9 cm³/mol. The fraction of sp³-hybridized carbons (Fsp3) is 0.267. The van der Waals surface area contributed by atoms with Crippen LogP contribution in [0.3, 0.4) is 0 Å². The number of hydrogen-bond donors (Lipinski definition) is 2. The number of aromatic nitrogens is 1. The van der Waals surface area contributed by atoms with Crippen molar-refractivity contribution in [3.63, 3.8) is 0 Å². The second kappa shape index (κ2) is 7.43. The first-order valence-electron chi connectivity index (χ1n) is 6.86. The molecule has 0 aliphatic rings. The summed E-state index contributed by atoms with van der Waals surface area (Å²) in [6.07, 6.45) is -4.18. The molecule has 0 radical (unpaired) electrons. The Morgan fingerprint density at radius 2 is 1.88 bits per heavy atom. The van der Waals surface area contributed by atoms with Gasteiger partial charge >= 0.3 is 12.1 Å². The highest BCUT2D eigenvalue weighted by Crippen LogP contribution is 2.29. The van der Waals surface area contributed by atoms with Crippen LogP contribution in [0, 0.1) is 0 Å². The van der Waals surface area contributed by atoms with Crippen molar-refractivity contribution in [1.29, 1.82) is 0 Å². The Morgan fingerprint density at radius 3 is 2.42 bits per heavy atom. The zero-order valence-electron chi connectivity index (χ0n) is 12.3. The highest BCUT2D eigenvalue weighted by atomic mass is 32.1. The Balaban J connectivity index is 1.79. The standard InChI is InChI=1S/C15H13F3N2O3S/c16-15(17,18)11-8-24-13(20-11)5-6-19-12(21)7-9-1-3-10(4-2-9)14(22)23/h1-4,8H,5-7H2,(H,19,21)(H,22,23). The molecule has 1 heterocycles. The number of amides is 1. The number of nitrogens with one attached hydrogen (secondary N) is 1. The third-order valence-corrected chi connectivity index (χ3v) is 3.98. The summed E-state index contributed by atoms with van der Waals surface area (Å²) in [7, 11) is 0. The summed E-state index contributed by atoms with van der Waals surface area (Å²) in [5.74, 6) is -1.35. The molecule has 0 saturated carbocycles. The van der Waals surface area contributed by atoms with Crippen LogP contribution in [-0.4, -0.2) is 28.5 Å². The largest absolute Gasteiger partial charge is 0.478 e. The molecular weight excluding hydrogens is 345 g/mol. The van der Waals surface area contributed by atoms with Crippen LogP contribution in [0.1, 0.15) is 26.6 Å². The Kier molecular flexibility index (Phi) is 5.55. The Morgan fingerprint density at radius 1 is 1.21 bits per heavy atom. The van der Waals surface area contributed by atoms with E-state index in [4.69, 9.17) is 5.11 Å². The van der Waals surface area contributed by atoms with Crippen LogP contribution in [-0.2, 0) is 23.8 Å². The molecule has 0 fully saturated rings. The molecule has 9 heteroatoms. The van der Waals surface area contributed by atoms with Gasteiger partial charge in [-0.25, -0.2) is 9.78 Å². The Hall–Kier alpha value is -2.42. The molecule has 1 amide bonds. The molecule has 0 saturated heterocycles. The first-order valence-corrected chi connectivity index (χ1v) is 7.74. The van der Waals surface area contributed by atoms with Crippen LogP contribution < -0.4 is 5.32 Å². The van der Waals surface area contributed by atoms with E-state index in [9.17, 15) is 22.8 Å². The van der Waals surface area contributed by atoms with Crippen LogP contribution in [0.2, 0.25) is 0 Å². The van der Waals surface area contributed by atoms with Crippen molar-refractivity contribution in [2.75, 3.05) is 6.54 Å². The highest BCUT2D eigenvalue weighted by molar-refractivity contribution is 7.09. The number of hydrogen-bond acceptors (Lipinski definition) is 4. The van der Waals surface area contributed by atoms with E-state index < -0.39 is 17.8 Å². The van der Waals surface area contributed by atoms with Gasteiger partial charge in [-0.3, -0.25) is 4.79 Å². The lowest BCUT2D eigenvalue weighted by Gasteiger charge is -2.05. The van der Waals surface area contributed by atoms with Gasteiger partial charge in [0.2, 0.25) is 5.91 Å². The van der Waals surface area contributed by atoms with Crippen molar-refractivity contribution in [3.8, 4) is 0 Å². The normalized spacial score (nSPS) is 11.3. The molecule has 0 atom stereocenters. The van der Waals surface area contributed by atoms with Crippen LogP contribution >= 0.6 is 11.3 Å². The van der Waals surface area contributed by atoms with Crippen molar-refractivity contribution in [3.05, 3.63) is 51.5 Å². The first-order chi connectivity index (χ1) is 11.3. The second-order valence-corrected chi connectivity index (χ2v) is 5.85. The van der Waals surface area contributed by atoms with Gasteiger partial charge in [-0.1, -0.05) is 12.1 Å². The number of alkyl halides is 3. The lowest BCUT2D eigenvalue weighted by Crippen LogP contribution is -2.27. The molecule has 0 aliphatic carbocycles. The van der Waals surface area contributed by atoms with Gasteiger partial charge in [0.05, 0.1) is 17.0 Å². The fourth-order valence-corrected chi connectivity index (χ4v) is 2.68. The van der Waals surface area contributed by atoms with E-state index in [1.54, 1.807) is 12.1 Å². The van der Waals surface area contributed by atoms with Crippen LogP contribution in [0.15, 0.2) is 29.6 Å². The van der Waals surface area contributed by atoms with Crippen LogP contribution in [0.25, 0.3) is 0 Å². The van der Waals surface area contributed by atoms with Gasteiger partial charge in [0.1, 0.15) is 0 Å². The SMILES string of the molecule is O=C(Cc1ccc(C(=O)O)cc1)NCCc1nc(C(F)(F)F)cs1. The Labute approximate surface area is 139 Å². The van der Waals surface area contributed by atoms with Gasteiger partial charge in [-0.15, -0.1) is 11.3 Å². The number of carboxylic acids is 1. The average Bonchev–Trinajstić information content (AvgIpc) is 2.97. The number of carbonyl (C=O) groups excluding carboxylic acids is 1. The van der Waals surface area contributed by atoms with Crippen molar-refractivity contribution in [2.45, 2.75) is 19.0 Å². The smallest absolute Gasteiger partial charge is 0.434 e. The fourth-order valence-electron chi connectivity index (χ4n) is 1.88. The molecule has 128 valence electrons. The number of aromatic carboxylic acids is 1.